The molecular weight excluding hydrogens is 213 g/mol. The number of carbonyl (C=O) groups excluding carboxylic acids is 1. The molecule has 0 fully saturated rings. The third-order valence-electron chi connectivity index (χ3n) is 2.40. The average molecular weight is 227 g/mol. The number of carbonyl (C=O) groups is 1. The lowest BCUT2D eigenvalue weighted by atomic mass is 9.97. The minimum Gasteiger partial charge on any atom is -0.390 e. The number of nitrogens with two attached hydrogens (primary N) is 1. The van der Waals surface area contributed by atoms with Gasteiger partial charge in [0.15, 0.2) is 0 Å². The maximum absolute atomic E-state index is 13.2. The van der Waals surface area contributed by atoms with Crippen molar-refractivity contribution in [1.29, 1.82) is 0 Å². The Bertz CT molecular complexity index is 395. The van der Waals surface area contributed by atoms with Crippen molar-refractivity contribution < 1.29 is 19.4 Å². The van der Waals surface area contributed by atoms with Crippen LogP contribution < -0.4 is 5.73 Å². The SMILES string of the molecule is Cc1c(F)cccc1C(O)C(O)CC(N)=O. The second-order valence-electron chi connectivity index (χ2n) is 3.64. The smallest absolute Gasteiger partial charge is 0.220 e. The molecule has 0 saturated carbocycles. The van der Waals surface area contributed by atoms with Gasteiger partial charge in [0.1, 0.15) is 11.9 Å². The van der Waals surface area contributed by atoms with Crippen LogP contribution in [0.4, 0.5) is 4.39 Å². The van der Waals surface area contributed by atoms with Crippen molar-refractivity contribution in [1.82, 2.24) is 0 Å². The van der Waals surface area contributed by atoms with Crippen molar-refractivity contribution in [3.8, 4) is 0 Å². The summed E-state index contributed by atoms with van der Waals surface area (Å²) in [6, 6.07) is 4.18. The Balaban J connectivity index is 2.91. The first-order valence-corrected chi connectivity index (χ1v) is 4.83. The summed E-state index contributed by atoms with van der Waals surface area (Å²) in [5.74, 6) is -1.19. The van der Waals surface area contributed by atoms with Crippen LogP contribution in [-0.4, -0.2) is 22.2 Å². The summed E-state index contributed by atoms with van der Waals surface area (Å²) in [5, 5.41) is 19.2. The van der Waals surface area contributed by atoms with Crippen molar-refractivity contribution in [2.45, 2.75) is 25.6 Å². The van der Waals surface area contributed by atoms with Crippen LogP contribution in [0.5, 0.6) is 0 Å². The van der Waals surface area contributed by atoms with Gasteiger partial charge >= 0.3 is 0 Å². The van der Waals surface area contributed by atoms with Gasteiger partial charge in [0, 0.05) is 0 Å². The van der Waals surface area contributed by atoms with Gasteiger partial charge in [-0.15, -0.1) is 0 Å². The highest BCUT2D eigenvalue weighted by Gasteiger charge is 2.22. The largest absolute Gasteiger partial charge is 0.390 e. The van der Waals surface area contributed by atoms with Gasteiger partial charge in [0.2, 0.25) is 5.91 Å². The van der Waals surface area contributed by atoms with Gasteiger partial charge in [-0.1, -0.05) is 12.1 Å². The van der Waals surface area contributed by atoms with Gasteiger partial charge in [-0.3, -0.25) is 4.79 Å². The fourth-order valence-electron chi connectivity index (χ4n) is 1.47. The quantitative estimate of drug-likeness (QED) is 0.696. The molecule has 0 aliphatic heterocycles. The number of rotatable bonds is 4. The van der Waals surface area contributed by atoms with Crippen LogP contribution in [-0.2, 0) is 4.79 Å². The van der Waals surface area contributed by atoms with E-state index in [4.69, 9.17) is 5.73 Å². The summed E-state index contributed by atoms with van der Waals surface area (Å²) in [4.78, 5) is 10.6. The molecule has 16 heavy (non-hydrogen) atoms. The Labute approximate surface area is 92.5 Å². The van der Waals surface area contributed by atoms with Crippen molar-refractivity contribution in [3.63, 3.8) is 0 Å². The van der Waals surface area contributed by atoms with Crippen molar-refractivity contribution in [2.75, 3.05) is 0 Å². The van der Waals surface area contributed by atoms with Crippen LogP contribution in [0.3, 0.4) is 0 Å². The Kier molecular flexibility index (Phi) is 3.98. The predicted octanol–water partition coefficient (Wildman–Crippen LogP) is 0.404. The van der Waals surface area contributed by atoms with Crippen LogP contribution in [0, 0.1) is 12.7 Å². The van der Waals surface area contributed by atoms with Gasteiger partial charge < -0.3 is 15.9 Å². The zero-order valence-corrected chi connectivity index (χ0v) is 8.85. The number of hydrogen-bond acceptors (Lipinski definition) is 3. The summed E-state index contributed by atoms with van der Waals surface area (Å²) >= 11 is 0. The molecule has 88 valence electrons. The van der Waals surface area contributed by atoms with Crippen LogP contribution in [0.2, 0.25) is 0 Å². The number of amides is 1. The zero-order chi connectivity index (χ0) is 12.3. The minimum atomic E-state index is -1.32. The maximum atomic E-state index is 13.2. The minimum absolute atomic E-state index is 0.249. The first kappa shape index (κ1) is 12.6. The Hall–Kier alpha value is -1.46. The summed E-state index contributed by atoms with van der Waals surface area (Å²) < 4.78 is 13.2. The first-order chi connectivity index (χ1) is 7.43. The lowest BCUT2D eigenvalue weighted by Crippen LogP contribution is -2.26. The van der Waals surface area contributed by atoms with E-state index in [9.17, 15) is 19.4 Å². The first-order valence-electron chi connectivity index (χ1n) is 4.83. The van der Waals surface area contributed by atoms with E-state index in [1.54, 1.807) is 0 Å². The number of aliphatic hydroxyl groups excluding tert-OH is 2. The van der Waals surface area contributed by atoms with Crippen LogP contribution in [0.1, 0.15) is 23.7 Å². The Morgan fingerprint density at radius 2 is 2.12 bits per heavy atom. The monoisotopic (exact) mass is 227 g/mol. The molecule has 1 aromatic rings. The highest BCUT2D eigenvalue weighted by Crippen LogP contribution is 2.23. The van der Waals surface area contributed by atoms with E-state index < -0.39 is 23.9 Å². The summed E-state index contributed by atoms with van der Waals surface area (Å²) in [5.41, 5.74) is 5.40. The van der Waals surface area contributed by atoms with Gasteiger partial charge in [-0.25, -0.2) is 4.39 Å². The molecule has 0 spiro atoms. The molecule has 5 heteroatoms. The highest BCUT2D eigenvalue weighted by atomic mass is 19.1. The van der Waals surface area contributed by atoms with Crippen LogP contribution in [0.15, 0.2) is 18.2 Å². The fraction of sp³-hybridized carbons (Fsp3) is 0.364. The molecule has 2 unspecified atom stereocenters. The molecule has 1 rings (SSSR count). The van der Waals surface area contributed by atoms with Crippen LogP contribution >= 0.6 is 0 Å². The number of aliphatic hydroxyl groups is 2. The van der Waals surface area contributed by atoms with Crippen molar-refractivity contribution in [3.05, 3.63) is 35.1 Å². The number of primary amides is 1. The fourth-order valence-corrected chi connectivity index (χ4v) is 1.47. The molecule has 1 aromatic carbocycles. The third-order valence-corrected chi connectivity index (χ3v) is 2.40. The van der Waals surface area contributed by atoms with E-state index in [-0.39, 0.29) is 17.5 Å². The standard InChI is InChI=1S/C11H14FNO3/c1-6-7(3-2-4-8(6)12)11(16)9(14)5-10(13)15/h2-4,9,11,14,16H,5H2,1H3,(H2,13,15). The molecule has 0 heterocycles. The normalized spacial score (nSPS) is 14.5. The molecule has 1 amide bonds. The molecule has 0 bridgehead atoms. The van der Waals surface area contributed by atoms with Crippen molar-refractivity contribution >= 4 is 5.91 Å². The van der Waals surface area contributed by atoms with E-state index in [0.717, 1.165) is 0 Å². The number of hydrogen-bond donors (Lipinski definition) is 3. The summed E-state index contributed by atoms with van der Waals surface area (Å²) in [6.45, 7) is 1.49. The lowest BCUT2D eigenvalue weighted by Gasteiger charge is -2.18. The molecule has 0 aliphatic carbocycles. The topological polar surface area (TPSA) is 83.6 Å². The van der Waals surface area contributed by atoms with E-state index in [1.807, 2.05) is 0 Å². The number of halogens is 1. The average Bonchev–Trinajstić information content (AvgIpc) is 2.20. The van der Waals surface area contributed by atoms with Gasteiger partial charge in [0.25, 0.3) is 0 Å². The van der Waals surface area contributed by atoms with E-state index in [1.165, 1.54) is 25.1 Å². The molecule has 2 atom stereocenters. The Morgan fingerprint density at radius 1 is 1.50 bits per heavy atom. The van der Waals surface area contributed by atoms with E-state index >= 15 is 0 Å². The molecular formula is C11H14FNO3. The van der Waals surface area contributed by atoms with Gasteiger partial charge in [0.05, 0.1) is 12.5 Å². The molecule has 0 aliphatic rings. The third kappa shape index (κ3) is 2.77. The van der Waals surface area contributed by atoms with E-state index in [0.29, 0.717) is 0 Å². The molecule has 4 N–H and O–H groups in total. The van der Waals surface area contributed by atoms with Gasteiger partial charge in [-0.2, -0.15) is 0 Å². The predicted molar refractivity (Wildman–Crippen MR) is 55.9 cm³/mol. The number of benzene rings is 1. The second-order valence-corrected chi connectivity index (χ2v) is 3.64. The maximum Gasteiger partial charge on any atom is 0.220 e. The van der Waals surface area contributed by atoms with Crippen molar-refractivity contribution in [2.24, 2.45) is 5.73 Å². The van der Waals surface area contributed by atoms with Gasteiger partial charge in [-0.05, 0) is 24.1 Å². The molecule has 0 radical (unpaired) electrons. The zero-order valence-electron chi connectivity index (χ0n) is 8.85. The molecule has 0 aromatic heterocycles. The summed E-state index contributed by atoms with van der Waals surface area (Å²) in [7, 11) is 0. The summed E-state index contributed by atoms with van der Waals surface area (Å²) in [6.07, 6.45) is -3.00. The molecule has 0 saturated heterocycles. The Morgan fingerprint density at radius 3 is 2.69 bits per heavy atom. The lowest BCUT2D eigenvalue weighted by molar-refractivity contribution is -0.121. The van der Waals surface area contributed by atoms with Crippen LogP contribution in [0.25, 0.3) is 0 Å². The highest BCUT2D eigenvalue weighted by molar-refractivity contribution is 5.74. The van der Waals surface area contributed by atoms with E-state index in [2.05, 4.69) is 0 Å². The molecule has 4 nitrogen and oxygen atoms in total. The second kappa shape index (κ2) is 5.05.